The van der Waals surface area contributed by atoms with Gasteiger partial charge in [-0.3, -0.25) is 0 Å². The third-order valence-electron chi connectivity index (χ3n) is 3.27. The van der Waals surface area contributed by atoms with Gasteiger partial charge in [0.05, 0.1) is 16.4 Å². The van der Waals surface area contributed by atoms with Crippen LogP contribution in [0.2, 0.25) is 10.0 Å². The minimum atomic E-state index is -1.11. The number of nitrogens with zero attached hydrogens (tertiary/aromatic N) is 1. The van der Waals surface area contributed by atoms with Crippen molar-refractivity contribution in [2.75, 3.05) is 6.61 Å². The molecule has 0 amide bonds. The Balaban J connectivity index is 2.50. The maximum atomic E-state index is 10.6. The molecule has 2 N–H and O–H groups in total. The summed E-state index contributed by atoms with van der Waals surface area (Å²) < 4.78 is 6.14. The highest BCUT2D eigenvalue weighted by molar-refractivity contribution is 6.44. The summed E-state index contributed by atoms with van der Waals surface area (Å²) >= 11 is 12.4. The first-order valence-corrected chi connectivity index (χ1v) is 7.35. The number of aliphatic carboxylic acids is 1. The predicted octanol–water partition coefficient (Wildman–Crippen LogP) is 4.03. The third kappa shape index (κ3) is 3.00. The zero-order valence-corrected chi connectivity index (χ0v) is 13.6. The molecule has 0 fully saturated rings. The van der Waals surface area contributed by atoms with Crippen LogP contribution < -0.4 is 4.74 Å². The maximum absolute atomic E-state index is 10.6. The van der Waals surface area contributed by atoms with Crippen LogP contribution in [0.25, 0.3) is 11.3 Å². The summed E-state index contributed by atoms with van der Waals surface area (Å²) in [7, 11) is 0. The molecule has 0 aliphatic carbocycles. The molecule has 118 valence electrons. The van der Waals surface area contributed by atoms with Crippen molar-refractivity contribution in [3.05, 3.63) is 39.5 Å². The van der Waals surface area contributed by atoms with E-state index in [1.807, 2.05) is 13.0 Å². The van der Waals surface area contributed by atoms with Crippen LogP contribution >= 0.6 is 23.2 Å². The largest absolute Gasteiger partial charge is 0.480 e. The molecule has 2 rings (SSSR count). The Morgan fingerprint density at radius 3 is 2.59 bits per heavy atom. The minimum absolute atomic E-state index is 0.112. The molecule has 0 radical (unpaired) electrons. The van der Waals surface area contributed by atoms with Crippen LogP contribution in [0.3, 0.4) is 0 Å². The predicted molar refractivity (Wildman–Crippen MR) is 84.3 cm³/mol. The first-order valence-electron chi connectivity index (χ1n) is 6.60. The number of benzene rings is 1. The van der Waals surface area contributed by atoms with Gasteiger partial charge in [0.25, 0.3) is 0 Å². The van der Waals surface area contributed by atoms with Crippen molar-refractivity contribution in [2.24, 2.45) is 0 Å². The lowest BCUT2D eigenvalue weighted by atomic mass is 10.1. The fourth-order valence-electron chi connectivity index (χ4n) is 2.22. The van der Waals surface area contributed by atoms with Gasteiger partial charge in [0, 0.05) is 5.56 Å². The molecule has 0 aliphatic rings. The van der Waals surface area contributed by atoms with Gasteiger partial charge in [0.15, 0.2) is 6.61 Å². The maximum Gasteiger partial charge on any atom is 0.341 e. The zero-order valence-electron chi connectivity index (χ0n) is 12.1. The Morgan fingerprint density at radius 2 is 2.00 bits per heavy atom. The quantitative estimate of drug-likeness (QED) is 0.804. The molecule has 0 saturated heterocycles. The van der Waals surface area contributed by atoms with E-state index in [1.165, 1.54) is 6.07 Å². The molecule has 1 aromatic carbocycles. The molecule has 1 aromatic heterocycles. The van der Waals surface area contributed by atoms with E-state index >= 15 is 0 Å². The molecule has 0 saturated carbocycles. The van der Waals surface area contributed by atoms with Crippen LogP contribution in [0, 0.1) is 6.92 Å². The van der Waals surface area contributed by atoms with E-state index in [9.17, 15) is 10.0 Å². The highest BCUT2D eigenvalue weighted by atomic mass is 35.5. The Hall–Kier alpha value is -1.85. The monoisotopic (exact) mass is 343 g/mol. The van der Waals surface area contributed by atoms with Gasteiger partial charge >= 0.3 is 5.97 Å². The summed E-state index contributed by atoms with van der Waals surface area (Å²) in [5.41, 5.74) is 2.74. The van der Waals surface area contributed by atoms with Crippen LogP contribution in [0.15, 0.2) is 18.2 Å². The lowest BCUT2D eigenvalue weighted by Crippen LogP contribution is -2.09. The zero-order chi connectivity index (χ0) is 16.4. The van der Waals surface area contributed by atoms with Gasteiger partial charge in [-0.15, -0.1) is 0 Å². The number of hydrogen-bond donors (Lipinski definition) is 2. The number of hydrogen-bond acceptors (Lipinski definition) is 3. The fraction of sp³-hybridized carbons (Fsp3) is 0.267. The molecule has 1 heterocycles. The Bertz CT molecular complexity index is 725. The molecule has 0 aliphatic heterocycles. The summed E-state index contributed by atoms with van der Waals surface area (Å²) in [6, 6.07) is 5.05. The van der Waals surface area contributed by atoms with Crippen molar-refractivity contribution in [1.29, 1.82) is 0 Å². The van der Waals surface area contributed by atoms with E-state index < -0.39 is 12.6 Å². The smallest absolute Gasteiger partial charge is 0.341 e. The van der Waals surface area contributed by atoms with Gasteiger partial charge < -0.3 is 15.1 Å². The van der Waals surface area contributed by atoms with E-state index in [4.69, 9.17) is 33.0 Å². The first-order chi connectivity index (χ1) is 10.4. The van der Waals surface area contributed by atoms with Gasteiger partial charge in [-0.05, 0) is 37.1 Å². The van der Waals surface area contributed by atoms with Crippen LogP contribution in [0.5, 0.6) is 5.75 Å². The highest BCUT2D eigenvalue weighted by Crippen LogP contribution is 2.41. The third-order valence-corrected chi connectivity index (χ3v) is 4.13. The molecular weight excluding hydrogens is 329 g/mol. The molecule has 5 nitrogen and oxygen atoms in total. The number of ether oxygens (including phenoxy) is 1. The number of aryl methyl sites for hydroxylation is 2. The van der Waals surface area contributed by atoms with E-state index in [0.29, 0.717) is 17.0 Å². The van der Waals surface area contributed by atoms with Gasteiger partial charge in [-0.25, -0.2) is 4.79 Å². The van der Waals surface area contributed by atoms with Gasteiger partial charge in [-0.1, -0.05) is 30.1 Å². The van der Waals surface area contributed by atoms with Crippen molar-refractivity contribution < 1.29 is 19.8 Å². The van der Waals surface area contributed by atoms with Crippen LogP contribution in [0.4, 0.5) is 0 Å². The van der Waals surface area contributed by atoms with Crippen LogP contribution in [0.1, 0.15) is 18.2 Å². The second kappa shape index (κ2) is 6.50. The fourth-order valence-corrected chi connectivity index (χ4v) is 2.68. The Morgan fingerprint density at radius 1 is 1.32 bits per heavy atom. The molecule has 0 unspecified atom stereocenters. The number of carboxylic acids is 1. The van der Waals surface area contributed by atoms with Crippen molar-refractivity contribution in [3.8, 4) is 17.0 Å². The van der Waals surface area contributed by atoms with Crippen molar-refractivity contribution in [2.45, 2.75) is 20.3 Å². The minimum Gasteiger partial charge on any atom is -0.480 e. The number of rotatable bonds is 5. The topological polar surface area (TPSA) is 71.7 Å². The first kappa shape index (κ1) is 16.5. The molecule has 0 bridgehead atoms. The summed E-state index contributed by atoms with van der Waals surface area (Å²) in [5.74, 6) is -0.923. The van der Waals surface area contributed by atoms with Crippen LogP contribution in [-0.2, 0) is 11.2 Å². The number of aromatic nitrogens is 1. The molecule has 7 heteroatoms. The number of carbonyl (C=O) groups is 1. The number of halogens is 2. The summed E-state index contributed by atoms with van der Waals surface area (Å²) in [4.78, 5) is 10.6. The van der Waals surface area contributed by atoms with E-state index in [-0.39, 0.29) is 15.8 Å². The second-order valence-electron chi connectivity index (χ2n) is 4.75. The van der Waals surface area contributed by atoms with E-state index in [2.05, 4.69) is 0 Å². The van der Waals surface area contributed by atoms with Crippen molar-refractivity contribution >= 4 is 29.2 Å². The number of carboxylic acid groups (broad SMARTS) is 1. The normalized spacial score (nSPS) is 10.7. The molecule has 22 heavy (non-hydrogen) atoms. The van der Waals surface area contributed by atoms with E-state index in [0.717, 1.165) is 16.7 Å². The van der Waals surface area contributed by atoms with Gasteiger partial charge in [0.1, 0.15) is 10.8 Å². The van der Waals surface area contributed by atoms with Crippen molar-refractivity contribution in [3.63, 3.8) is 0 Å². The average Bonchev–Trinajstić information content (AvgIpc) is 2.76. The lowest BCUT2D eigenvalue weighted by molar-refractivity contribution is -0.139. The Kier molecular flexibility index (Phi) is 4.88. The highest BCUT2D eigenvalue weighted by Gasteiger charge is 2.19. The van der Waals surface area contributed by atoms with Crippen molar-refractivity contribution in [1.82, 2.24) is 4.73 Å². The SMILES string of the molecule is CCc1cc(C)n(O)c1-c1ccc(OCC(=O)O)c(Cl)c1Cl. The van der Waals surface area contributed by atoms with Gasteiger partial charge in [-0.2, -0.15) is 4.73 Å². The van der Waals surface area contributed by atoms with Crippen LogP contribution in [-0.4, -0.2) is 27.6 Å². The molecule has 0 spiro atoms. The standard InChI is InChI=1S/C15H15Cl2NO4/c1-3-9-6-8(2)18(21)15(9)10-4-5-11(14(17)13(10)16)22-7-12(19)20/h4-6,21H,3,7H2,1-2H3,(H,19,20). The Labute approximate surface area is 137 Å². The molecular formula is C15H15Cl2NO4. The second-order valence-corrected chi connectivity index (χ2v) is 5.50. The summed E-state index contributed by atoms with van der Waals surface area (Å²) in [5, 5.41) is 19.1. The summed E-state index contributed by atoms with van der Waals surface area (Å²) in [6.45, 7) is 3.24. The summed E-state index contributed by atoms with van der Waals surface area (Å²) in [6.07, 6.45) is 0.717. The lowest BCUT2D eigenvalue weighted by Gasteiger charge is -2.13. The molecule has 0 atom stereocenters. The molecule has 2 aromatic rings. The van der Waals surface area contributed by atoms with E-state index in [1.54, 1.807) is 13.0 Å². The van der Waals surface area contributed by atoms with Gasteiger partial charge in [0.2, 0.25) is 0 Å². The average molecular weight is 344 g/mol.